The molecule has 2 atom stereocenters. The van der Waals surface area contributed by atoms with Gasteiger partial charge in [-0.1, -0.05) is 31.1 Å². The summed E-state index contributed by atoms with van der Waals surface area (Å²) in [5.41, 5.74) is 8.90. The summed E-state index contributed by atoms with van der Waals surface area (Å²) in [6, 6.07) is 6.24. The molecule has 2 unspecified atom stereocenters. The predicted octanol–water partition coefficient (Wildman–Crippen LogP) is 2.37. The summed E-state index contributed by atoms with van der Waals surface area (Å²) in [5.74, 6) is 0. The van der Waals surface area contributed by atoms with E-state index in [9.17, 15) is 5.11 Å². The topological polar surface area (TPSA) is 49.5 Å². The zero-order valence-corrected chi connectivity index (χ0v) is 12.4. The maximum Gasteiger partial charge on any atom is 0.106 e. The molecule has 0 bridgehead atoms. The van der Waals surface area contributed by atoms with Gasteiger partial charge in [-0.25, -0.2) is 0 Å². The lowest BCUT2D eigenvalue weighted by molar-refractivity contribution is 0.106. The molecule has 2 rings (SSSR count). The van der Waals surface area contributed by atoms with Crippen LogP contribution in [0.1, 0.15) is 36.8 Å². The van der Waals surface area contributed by atoms with Crippen LogP contribution in [0.15, 0.2) is 18.2 Å². The lowest BCUT2D eigenvalue weighted by Crippen LogP contribution is -2.44. The minimum Gasteiger partial charge on any atom is -0.391 e. The third-order valence-electron chi connectivity index (χ3n) is 3.99. The van der Waals surface area contributed by atoms with Crippen molar-refractivity contribution < 1.29 is 5.11 Å². The van der Waals surface area contributed by atoms with E-state index in [1.807, 2.05) is 19.2 Å². The van der Waals surface area contributed by atoms with Gasteiger partial charge in [0.1, 0.15) is 4.99 Å². The number of hydrogen-bond donors (Lipinski definition) is 2. The molecule has 1 saturated carbocycles. The summed E-state index contributed by atoms with van der Waals surface area (Å²) in [7, 11) is 2.02. The zero-order valence-electron chi connectivity index (χ0n) is 11.6. The second-order valence-corrected chi connectivity index (χ2v) is 5.85. The molecular weight excluding hydrogens is 256 g/mol. The van der Waals surface area contributed by atoms with Gasteiger partial charge in [0, 0.05) is 18.3 Å². The highest BCUT2D eigenvalue weighted by Crippen LogP contribution is 2.29. The highest BCUT2D eigenvalue weighted by molar-refractivity contribution is 7.80. The van der Waals surface area contributed by atoms with Crippen LogP contribution in [0.25, 0.3) is 0 Å². The Morgan fingerprint density at radius 1 is 1.37 bits per heavy atom. The Kier molecular flexibility index (Phi) is 4.42. The Bertz CT molecular complexity index is 475. The first-order chi connectivity index (χ1) is 9.00. The van der Waals surface area contributed by atoms with Crippen LogP contribution in [-0.2, 0) is 0 Å². The molecular formula is C15H22N2OS. The molecule has 3 N–H and O–H groups in total. The van der Waals surface area contributed by atoms with Crippen molar-refractivity contribution in [2.24, 2.45) is 5.73 Å². The second kappa shape index (κ2) is 5.88. The quantitative estimate of drug-likeness (QED) is 0.834. The molecule has 1 aliphatic rings. The second-order valence-electron chi connectivity index (χ2n) is 5.41. The molecule has 0 saturated heterocycles. The summed E-state index contributed by atoms with van der Waals surface area (Å²) in [6.45, 7) is 2.05. The van der Waals surface area contributed by atoms with Gasteiger partial charge < -0.3 is 15.7 Å². The van der Waals surface area contributed by atoms with E-state index in [0.717, 1.165) is 30.5 Å². The lowest BCUT2D eigenvalue weighted by Gasteiger charge is -2.37. The van der Waals surface area contributed by atoms with Crippen molar-refractivity contribution in [3.05, 3.63) is 29.3 Å². The average molecular weight is 278 g/mol. The molecule has 0 aliphatic heterocycles. The first-order valence-corrected chi connectivity index (χ1v) is 7.23. The van der Waals surface area contributed by atoms with Gasteiger partial charge >= 0.3 is 0 Å². The number of likely N-dealkylation sites (N-methyl/N-ethyl adjacent to an activating group) is 1. The number of nitrogens with zero attached hydrogens (tertiary/aromatic N) is 1. The Balaban J connectivity index is 2.34. The lowest BCUT2D eigenvalue weighted by atomic mass is 9.91. The molecule has 1 fully saturated rings. The van der Waals surface area contributed by atoms with Gasteiger partial charge in [0.15, 0.2) is 0 Å². The van der Waals surface area contributed by atoms with Crippen LogP contribution < -0.4 is 10.6 Å². The van der Waals surface area contributed by atoms with E-state index in [0.29, 0.717) is 4.99 Å². The van der Waals surface area contributed by atoms with Crippen LogP contribution in [-0.4, -0.2) is 29.3 Å². The fourth-order valence-corrected chi connectivity index (χ4v) is 3.04. The van der Waals surface area contributed by atoms with Gasteiger partial charge in [-0.05, 0) is 37.5 Å². The Morgan fingerprint density at radius 3 is 2.68 bits per heavy atom. The first-order valence-electron chi connectivity index (χ1n) is 6.82. The highest BCUT2D eigenvalue weighted by Gasteiger charge is 2.28. The fourth-order valence-electron chi connectivity index (χ4n) is 2.86. The molecule has 3 nitrogen and oxygen atoms in total. The molecule has 0 spiro atoms. The molecule has 1 aromatic carbocycles. The first kappa shape index (κ1) is 14.3. The summed E-state index contributed by atoms with van der Waals surface area (Å²) < 4.78 is 0. The molecule has 0 radical (unpaired) electrons. The molecule has 19 heavy (non-hydrogen) atoms. The van der Waals surface area contributed by atoms with Gasteiger partial charge in [0.25, 0.3) is 0 Å². The van der Waals surface area contributed by atoms with Crippen molar-refractivity contribution in [2.45, 2.75) is 44.8 Å². The summed E-state index contributed by atoms with van der Waals surface area (Å²) >= 11 is 5.13. The number of aryl methyl sites for hydroxylation is 1. The molecule has 1 aliphatic carbocycles. The molecule has 0 amide bonds. The number of nitrogens with two attached hydrogens (primary N) is 1. The van der Waals surface area contributed by atoms with Crippen molar-refractivity contribution in [3.8, 4) is 0 Å². The van der Waals surface area contributed by atoms with Crippen molar-refractivity contribution in [1.82, 2.24) is 0 Å². The van der Waals surface area contributed by atoms with Crippen molar-refractivity contribution in [2.75, 3.05) is 11.9 Å². The zero-order chi connectivity index (χ0) is 14.0. The van der Waals surface area contributed by atoms with E-state index in [1.165, 1.54) is 12.0 Å². The van der Waals surface area contributed by atoms with Crippen molar-refractivity contribution in [1.29, 1.82) is 0 Å². The minimum atomic E-state index is -0.265. The highest BCUT2D eigenvalue weighted by atomic mass is 32.1. The van der Waals surface area contributed by atoms with E-state index >= 15 is 0 Å². The van der Waals surface area contributed by atoms with E-state index in [1.54, 1.807) is 0 Å². The Hall–Kier alpha value is -1.13. The van der Waals surface area contributed by atoms with Crippen molar-refractivity contribution in [3.63, 3.8) is 0 Å². The van der Waals surface area contributed by atoms with Gasteiger partial charge in [-0.15, -0.1) is 0 Å². The summed E-state index contributed by atoms with van der Waals surface area (Å²) in [4.78, 5) is 2.55. The molecule has 104 valence electrons. The van der Waals surface area contributed by atoms with Gasteiger partial charge in [-0.3, -0.25) is 0 Å². The number of thiocarbonyl (C=S) groups is 1. The molecule has 0 heterocycles. The van der Waals surface area contributed by atoms with Crippen LogP contribution in [0.4, 0.5) is 5.69 Å². The number of aliphatic hydroxyl groups is 1. The minimum absolute atomic E-state index is 0.156. The monoisotopic (exact) mass is 278 g/mol. The van der Waals surface area contributed by atoms with Crippen LogP contribution in [0, 0.1) is 6.92 Å². The predicted molar refractivity (Wildman–Crippen MR) is 83.7 cm³/mol. The number of rotatable bonds is 3. The third kappa shape index (κ3) is 3.07. The smallest absolute Gasteiger partial charge is 0.106 e. The van der Waals surface area contributed by atoms with Gasteiger partial charge in [0.05, 0.1) is 12.1 Å². The average Bonchev–Trinajstić information content (AvgIpc) is 2.38. The number of hydrogen-bond acceptors (Lipinski definition) is 3. The van der Waals surface area contributed by atoms with E-state index in [-0.39, 0.29) is 12.1 Å². The van der Waals surface area contributed by atoms with Gasteiger partial charge in [-0.2, -0.15) is 0 Å². The van der Waals surface area contributed by atoms with E-state index in [4.69, 9.17) is 18.0 Å². The third-order valence-corrected chi connectivity index (χ3v) is 4.21. The molecule has 1 aromatic rings. The largest absolute Gasteiger partial charge is 0.391 e. The molecule has 4 heteroatoms. The van der Waals surface area contributed by atoms with E-state index < -0.39 is 0 Å². The maximum absolute atomic E-state index is 10.2. The van der Waals surface area contributed by atoms with Gasteiger partial charge in [0.2, 0.25) is 0 Å². The number of aliphatic hydroxyl groups excluding tert-OH is 1. The summed E-state index contributed by atoms with van der Waals surface area (Å²) in [5, 5.41) is 10.2. The van der Waals surface area contributed by atoms with Crippen LogP contribution in [0.3, 0.4) is 0 Å². The standard InChI is InChI=1S/C15H22N2OS/c1-10-7-8-11(15(16)19)13(9-10)17(2)12-5-3-4-6-14(12)18/h7-9,12,14,18H,3-6H2,1-2H3,(H2,16,19). The Morgan fingerprint density at radius 2 is 2.05 bits per heavy atom. The van der Waals surface area contributed by atoms with E-state index in [2.05, 4.69) is 17.9 Å². The van der Waals surface area contributed by atoms with Crippen LogP contribution in [0.2, 0.25) is 0 Å². The fraction of sp³-hybridized carbons (Fsp3) is 0.533. The SMILES string of the molecule is Cc1ccc(C(N)=S)c(N(C)C2CCCCC2O)c1. The Labute approximate surface area is 120 Å². The van der Waals surface area contributed by atoms with Crippen LogP contribution >= 0.6 is 12.2 Å². The normalized spacial score (nSPS) is 23.1. The number of benzene rings is 1. The number of anilines is 1. The van der Waals surface area contributed by atoms with Crippen LogP contribution in [0.5, 0.6) is 0 Å². The molecule has 0 aromatic heterocycles. The maximum atomic E-state index is 10.2. The summed E-state index contributed by atoms with van der Waals surface area (Å²) in [6.07, 6.45) is 3.91. The van der Waals surface area contributed by atoms with Crippen molar-refractivity contribution >= 4 is 22.9 Å².